The minimum atomic E-state index is 0.352. The van der Waals surface area contributed by atoms with E-state index < -0.39 is 0 Å². The molecule has 0 radical (unpaired) electrons. The third-order valence-electron chi connectivity index (χ3n) is 4.41. The van der Waals surface area contributed by atoms with Crippen LogP contribution in [0.2, 0.25) is 0 Å². The highest BCUT2D eigenvalue weighted by Crippen LogP contribution is 2.31. The second kappa shape index (κ2) is 6.88. The van der Waals surface area contributed by atoms with Crippen molar-refractivity contribution < 1.29 is 4.74 Å². The van der Waals surface area contributed by atoms with E-state index in [1.165, 1.54) is 11.1 Å². The highest BCUT2D eigenvalue weighted by Gasteiger charge is 2.26. The fourth-order valence-electron chi connectivity index (χ4n) is 3.25. The van der Waals surface area contributed by atoms with E-state index in [4.69, 9.17) is 4.74 Å². The van der Waals surface area contributed by atoms with Crippen LogP contribution in [0.3, 0.4) is 0 Å². The maximum atomic E-state index is 5.50. The monoisotopic (exact) mass is 281 g/mol. The minimum Gasteiger partial charge on any atom is -0.381 e. The Labute approximate surface area is 127 Å². The molecule has 1 aliphatic rings. The number of hydrogen-bond acceptors (Lipinski definition) is 2. The first-order valence-electron chi connectivity index (χ1n) is 7.75. The van der Waals surface area contributed by atoms with Gasteiger partial charge in [0.05, 0.1) is 12.1 Å². The SMILES string of the molecule is COC1CCN(C(c2ccccc2)c2ccccc2)CC1. The number of hydrogen-bond donors (Lipinski definition) is 0. The Kier molecular flexibility index (Phi) is 4.69. The van der Waals surface area contributed by atoms with Crippen molar-refractivity contribution in [2.24, 2.45) is 0 Å². The molecule has 0 spiro atoms. The third kappa shape index (κ3) is 3.34. The molecule has 3 rings (SSSR count). The Balaban J connectivity index is 1.87. The Morgan fingerprint density at radius 1 is 0.857 bits per heavy atom. The van der Waals surface area contributed by atoms with E-state index in [1.807, 2.05) is 7.11 Å². The third-order valence-corrected chi connectivity index (χ3v) is 4.41. The highest BCUT2D eigenvalue weighted by molar-refractivity contribution is 5.31. The molecule has 0 amide bonds. The van der Waals surface area contributed by atoms with E-state index >= 15 is 0 Å². The summed E-state index contributed by atoms with van der Waals surface area (Å²) in [5.74, 6) is 0. The first-order valence-corrected chi connectivity index (χ1v) is 7.75. The van der Waals surface area contributed by atoms with E-state index in [2.05, 4.69) is 65.6 Å². The van der Waals surface area contributed by atoms with Gasteiger partial charge in [-0.15, -0.1) is 0 Å². The molecular weight excluding hydrogens is 258 g/mol. The summed E-state index contributed by atoms with van der Waals surface area (Å²) in [5, 5.41) is 0. The minimum absolute atomic E-state index is 0.352. The summed E-state index contributed by atoms with van der Waals surface area (Å²) in [6.45, 7) is 2.18. The first kappa shape index (κ1) is 14.3. The van der Waals surface area contributed by atoms with E-state index in [1.54, 1.807) is 0 Å². The summed E-state index contributed by atoms with van der Waals surface area (Å²) in [7, 11) is 1.83. The first-order chi connectivity index (χ1) is 10.4. The van der Waals surface area contributed by atoms with Crippen LogP contribution >= 0.6 is 0 Å². The lowest BCUT2D eigenvalue weighted by atomic mass is 9.94. The van der Waals surface area contributed by atoms with Crippen molar-refractivity contribution in [3.05, 3.63) is 71.8 Å². The maximum Gasteiger partial charge on any atom is 0.0601 e. The van der Waals surface area contributed by atoms with E-state index in [0.717, 1.165) is 25.9 Å². The predicted molar refractivity (Wildman–Crippen MR) is 86.3 cm³/mol. The zero-order chi connectivity index (χ0) is 14.5. The molecule has 0 bridgehead atoms. The zero-order valence-corrected chi connectivity index (χ0v) is 12.6. The topological polar surface area (TPSA) is 12.5 Å². The van der Waals surface area contributed by atoms with Gasteiger partial charge in [-0.05, 0) is 24.0 Å². The molecule has 1 saturated heterocycles. The molecule has 0 aromatic heterocycles. The van der Waals surface area contributed by atoms with Gasteiger partial charge in [-0.1, -0.05) is 60.7 Å². The summed E-state index contributed by atoms with van der Waals surface area (Å²) >= 11 is 0. The number of methoxy groups -OCH3 is 1. The molecule has 2 heteroatoms. The van der Waals surface area contributed by atoms with Crippen molar-refractivity contribution in [2.75, 3.05) is 20.2 Å². The van der Waals surface area contributed by atoms with E-state index in [9.17, 15) is 0 Å². The van der Waals surface area contributed by atoms with E-state index in [0.29, 0.717) is 12.1 Å². The van der Waals surface area contributed by atoms with Gasteiger partial charge >= 0.3 is 0 Å². The Hall–Kier alpha value is -1.64. The fraction of sp³-hybridized carbons (Fsp3) is 0.368. The average molecular weight is 281 g/mol. The van der Waals surface area contributed by atoms with Crippen molar-refractivity contribution in [1.82, 2.24) is 4.90 Å². The number of benzene rings is 2. The Morgan fingerprint density at radius 2 is 1.33 bits per heavy atom. The molecule has 21 heavy (non-hydrogen) atoms. The maximum absolute atomic E-state index is 5.50. The summed E-state index contributed by atoms with van der Waals surface area (Å²) < 4.78 is 5.50. The molecule has 0 aliphatic carbocycles. The quantitative estimate of drug-likeness (QED) is 0.843. The number of rotatable bonds is 4. The number of ether oxygens (including phenoxy) is 1. The summed E-state index contributed by atoms with van der Waals surface area (Å²) in [4.78, 5) is 2.58. The van der Waals surface area contributed by atoms with Gasteiger partial charge in [-0.3, -0.25) is 4.90 Å². The van der Waals surface area contributed by atoms with Crippen LogP contribution in [0.5, 0.6) is 0 Å². The summed E-state index contributed by atoms with van der Waals surface area (Å²) in [6, 6.07) is 22.0. The van der Waals surface area contributed by atoms with Crippen molar-refractivity contribution in [2.45, 2.75) is 25.0 Å². The van der Waals surface area contributed by atoms with Crippen LogP contribution in [0.25, 0.3) is 0 Å². The number of nitrogens with zero attached hydrogens (tertiary/aromatic N) is 1. The highest BCUT2D eigenvalue weighted by atomic mass is 16.5. The Morgan fingerprint density at radius 3 is 1.76 bits per heavy atom. The molecule has 1 aliphatic heterocycles. The molecule has 0 N–H and O–H groups in total. The van der Waals surface area contributed by atoms with Crippen LogP contribution < -0.4 is 0 Å². The molecule has 1 fully saturated rings. The van der Waals surface area contributed by atoms with Crippen molar-refractivity contribution in [3.63, 3.8) is 0 Å². The molecule has 2 aromatic rings. The smallest absolute Gasteiger partial charge is 0.0601 e. The van der Waals surface area contributed by atoms with Crippen LogP contribution in [-0.4, -0.2) is 31.2 Å². The molecular formula is C19H23NO. The van der Waals surface area contributed by atoms with Gasteiger partial charge in [0.15, 0.2) is 0 Å². The Bertz CT molecular complexity index is 493. The van der Waals surface area contributed by atoms with Gasteiger partial charge in [-0.25, -0.2) is 0 Å². The van der Waals surface area contributed by atoms with Crippen molar-refractivity contribution in [1.29, 1.82) is 0 Å². The van der Waals surface area contributed by atoms with Gasteiger partial charge in [0.1, 0.15) is 0 Å². The predicted octanol–water partition coefficient (Wildman–Crippen LogP) is 3.89. The zero-order valence-electron chi connectivity index (χ0n) is 12.6. The van der Waals surface area contributed by atoms with Gasteiger partial charge in [0, 0.05) is 20.2 Å². The largest absolute Gasteiger partial charge is 0.381 e. The standard InChI is InChI=1S/C19H23NO/c1-21-18-12-14-20(15-13-18)19(16-8-4-2-5-9-16)17-10-6-3-7-11-17/h2-11,18-19H,12-15H2,1H3. The van der Waals surface area contributed by atoms with Gasteiger partial charge in [0.2, 0.25) is 0 Å². The summed E-state index contributed by atoms with van der Waals surface area (Å²) in [5.41, 5.74) is 2.75. The molecule has 2 nitrogen and oxygen atoms in total. The van der Waals surface area contributed by atoms with Crippen LogP contribution in [0.4, 0.5) is 0 Å². The second-order valence-electron chi connectivity index (χ2n) is 5.69. The molecule has 0 unspecified atom stereocenters. The van der Waals surface area contributed by atoms with Crippen LogP contribution in [-0.2, 0) is 4.74 Å². The van der Waals surface area contributed by atoms with Crippen LogP contribution in [0.15, 0.2) is 60.7 Å². The van der Waals surface area contributed by atoms with Gasteiger partial charge in [-0.2, -0.15) is 0 Å². The molecule has 2 aromatic carbocycles. The second-order valence-corrected chi connectivity index (χ2v) is 5.69. The fourth-order valence-corrected chi connectivity index (χ4v) is 3.25. The molecule has 0 atom stereocenters. The molecule has 1 heterocycles. The van der Waals surface area contributed by atoms with Gasteiger partial charge in [0.25, 0.3) is 0 Å². The van der Waals surface area contributed by atoms with Gasteiger partial charge < -0.3 is 4.74 Å². The lowest BCUT2D eigenvalue weighted by Gasteiger charge is -2.37. The molecule has 0 saturated carbocycles. The lowest BCUT2D eigenvalue weighted by Crippen LogP contribution is -2.39. The molecule has 110 valence electrons. The lowest BCUT2D eigenvalue weighted by molar-refractivity contribution is 0.0322. The van der Waals surface area contributed by atoms with Crippen LogP contribution in [0, 0.1) is 0 Å². The number of likely N-dealkylation sites (tertiary alicyclic amines) is 1. The summed E-state index contributed by atoms with van der Waals surface area (Å²) in [6.07, 6.45) is 2.66. The van der Waals surface area contributed by atoms with Crippen molar-refractivity contribution >= 4 is 0 Å². The van der Waals surface area contributed by atoms with Crippen molar-refractivity contribution in [3.8, 4) is 0 Å². The average Bonchev–Trinajstić information content (AvgIpc) is 2.58. The normalized spacial score (nSPS) is 17.2. The number of piperidine rings is 1. The van der Waals surface area contributed by atoms with E-state index in [-0.39, 0.29) is 0 Å². The van der Waals surface area contributed by atoms with Crippen LogP contribution in [0.1, 0.15) is 30.0 Å².